The summed E-state index contributed by atoms with van der Waals surface area (Å²) in [4.78, 5) is 23.1. The van der Waals surface area contributed by atoms with Crippen LogP contribution in [0.5, 0.6) is 0 Å². The fourth-order valence-corrected chi connectivity index (χ4v) is 4.22. The van der Waals surface area contributed by atoms with Gasteiger partial charge >= 0.3 is 0 Å². The monoisotopic (exact) mass is 385 g/mol. The lowest BCUT2D eigenvalue weighted by Crippen LogP contribution is -2.13. The Bertz CT molecular complexity index is 1120. The minimum absolute atomic E-state index is 0.126. The summed E-state index contributed by atoms with van der Waals surface area (Å²) in [5.74, 6) is -0.126. The highest BCUT2D eigenvalue weighted by atomic mass is 32.1. The van der Waals surface area contributed by atoms with Crippen molar-refractivity contribution in [1.29, 1.82) is 0 Å². The number of hydrogen-bond acceptors (Lipinski definition) is 4. The predicted octanol–water partition coefficient (Wildman–Crippen LogP) is 5.74. The van der Waals surface area contributed by atoms with Crippen LogP contribution >= 0.6 is 11.3 Å². The molecule has 4 nitrogen and oxygen atoms in total. The summed E-state index contributed by atoms with van der Waals surface area (Å²) < 4.78 is 0. The van der Waals surface area contributed by atoms with Crippen LogP contribution in [0.25, 0.3) is 20.9 Å². The van der Waals surface area contributed by atoms with Crippen molar-refractivity contribution in [3.05, 3.63) is 90.0 Å². The molecule has 0 aliphatic carbocycles. The van der Waals surface area contributed by atoms with E-state index in [-0.39, 0.29) is 5.91 Å². The number of anilines is 1. The van der Waals surface area contributed by atoms with Crippen LogP contribution in [0.15, 0.2) is 73.3 Å². The van der Waals surface area contributed by atoms with E-state index >= 15 is 0 Å². The van der Waals surface area contributed by atoms with Gasteiger partial charge < -0.3 is 5.32 Å². The zero-order valence-corrected chi connectivity index (χ0v) is 16.5. The number of pyridine rings is 2. The maximum atomic E-state index is 12.5. The topological polar surface area (TPSA) is 54.9 Å². The molecule has 0 saturated carbocycles. The van der Waals surface area contributed by atoms with E-state index in [1.165, 1.54) is 15.3 Å². The van der Waals surface area contributed by atoms with Crippen LogP contribution in [0.3, 0.4) is 0 Å². The Morgan fingerprint density at radius 1 is 0.893 bits per heavy atom. The van der Waals surface area contributed by atoms with Crippen molar-refractivity contribution in [2.75, 3.05) is 5.32 Å². The standard InChI is InChI=1S/C23H19N3OS/c1-15-12-21(18-4-3-10-24-14-18)28-22(15)17-5-7-19(8-6-17)26-23(27)20-9-11-25-13-16(20)2/h3-14H,1-2H3,(H,26,27). The number of rotatable bonds is 4. The van der Waals surface area contributed by atoms with Crippen LogP contribution < -0.4 is 5.32 Å². The Morgan fingerprint density at radius 2 is 1.68 bits per heavy atom. The van der Waals surface area contributed by atoms with E-state index < -0.39 is 0 Å². The molecule has 0 radical (unpaired) electrons. The third-order valence-corrected chi connectivity index (χ3v) is 5.87. The lowest BCUT2D eigenvalue weighted by molar-refractivity contribution is 0.102. The number of nitrogens with zero attached hydrogens (tertiary/aromatic N) is 2. The molecule has 0 aliphatic rings. The quantitative estimate of drug-likeness (QED) is 0.487. The van der Waals surface area contributed by atoms with Crippen LogP contribution in [0.2, 0.25) is 0 Å². The number of carbonyl (C=O) groups is 1. The van der Waals surface area contributed by atoms with Crippen molar-refractivity contribution in [3.63, 3.8) is 0 Å². The average molecular weight is 385 g/mol. The number of aryl methyl sites for hydroxylation is 2. The summed E-state index contributed by atoms with van der Waals surface area (Å²) in [6.07, 6.45) is 6.99. The molecule has 0 spiro atoms. The van der Waals surface area contributed by atoms with Gasteiger partial charge in [-0.3, -0.25) is 14.8 Å². The van der Waals surface area contributed by atoms with E-state index in [1.807, 2.05) is 43.5 Å². The summed E-state index contributed by atoms with van der Waals surface area (Å²) in [5.41, 5.74) is 5.75. The molecule has 0 unspecified atom stereocenters. The van der Waals surface area contributed by atoms with Gasteiger partial charge in [-0.25, -0.2) is 0 Å². The third kappa shape index (κ3) is 3.70. The van der Waals surface area contributed by atoms with Crippen LogP contribution in [0.4, 0.5) is 5.69 Å². The number of amides is 1. The molecule has 28 heavy (non-hydrogen) atoms. The largest absolute Gasteiger partial charge is 0.322 e. The first-order valence-electron chi connectivity index (χ1n) is 8.95. The molecule has 1 amide bonds. The second kappa shape index (κ2) is 7.74. The van der Waals surface area contributed by atoms with Gasteiger partial charge in [0.25, 0.3) is 5.91 Å². The molecule has 4 aromatic rings. The normalized spacial score (nSPS) is 10.6. The van der Waals surface area contributed by atoms with Crippen molar-refractivity contribution in [2.45, 2.75) is 13.8 Å². The molecule has 3 heterocycles. The summed E-state index contributed by atoms with van der Waals surface area (Å²) >= 11 is 1.75. The Hall–Kier alpha value is -3.31. The van der Waals surface area contributed by atoms with Gasteiger partial charge in [0.1, 0.15) is 0 Å². The van der Waals surface area contributed by atoms with Crippen molar-refractivity contribution in [2.24, 2.45) is 0 Å². The van der Waals surface area contributed by atoms with Crippen molar-refractivity contribution < 1.29 is 4.79 Å². The smallest absolute Gasteiger partial charge is 0.256 e. The first kappa shape index (κ1) is 18.1. The fourth-order valence-electron chi connectivity index (χ4n) is 3.05. The zero-order chi connectivity index (χ0) is 19.5. The van der Waals surface area contributed by atoms with Crippen LogP contribution in [0.1, 0.15) is 21.5 Å². The van der Waals surface area contributed by atoms with Gasteiger partial charge in [-0.05, 0) is 60.9 Å². The zero-order valence-electron chi connectivity index (χ0n) is 15.6. The minimum Gasteiger partial charge on any atom is -0.322 e. The first-order chi connectivity index (χ1) is 13.6. The second-order valence-corrected chi connectivity index (χ2v) is 7.64. The lowest BCUT2D eigenvalue weighted by Gasteiger charge is -2.08. The van der Waals surface area contributed by atoms with E-state index in [2.05, 4.69) is 34.3 Å². The molecule has 138 valence electrons. The van der Waals surface area contributed by atoms with Gasteiger partial charge in [0.05, 0.1) is 0 Å². The molecule has 0 bridgehead atoms. The summed E-state index contributed by atoms with van der Waals surface area (Å²) in [7, 11) is 0. The average Bonchev–Trinajstić information content (AvgIpc) is 3.11. The van der Waals surface area contributed by atoms with E-state index in [9.17, 15) is 4.79 Å². The molecule has 1 aromatic carbocycles. The molecule has 0 saturated heterocycles. The SMILES string of the molecule is Cc1cnccc1C(=O)Nc1ccc(-c2sc(-c3cccnc3)cc2C)cc1. The van der Waals surface area contributed by atoms with Gasteiger partial charge in [0.15, 0.2) is 0 Å². The molecular weight excluding hydrogens is 366 g/mol. The summed E-state index contributed by atoms with van der Waals surface area (Å²) in [6.45, 7) is 4.00. The molecule has 5 heteroatoms. The predicted molar refractivity (Wildman–Crippen MR) is 115 cm³/mol. The molecule has 1 N–H and O–H groups in total. The molecule has 0 aliphatic heterocycles. The number of thiophene rings is 1. The lowest BCUT2D eigenvalue weighted by atomic mass is 10.1. The van der Waals surface area contributed by atoms with Crippen LogP contribution in [-0.2, 0) is 0 Å². The highest BCUT2D eigenvalue weighted by molar-refractivity contribution is 7.19. The Kier molecular flexibility index (Phi) is 5.00. The van der Waals surface area contributed by atoms with Gasteiger partial charge in [-0.2, -0.15) is 0 Å². The number of hydrogen-bond donors (Lipinski definition) is 1. The van der Waals surface area contributed by atoms with Gasteiger partial charge in [-0.1, -0.05) is 18.2 Å². The van der Waals surface area contributed by atoms with Crippen LogP contribution in [-0.4, -0.2) is 15.9 Å². The summed E-state index contributed by atoms with van der Waals surface area (Å²) in [6, 6.07) is 15.9. The number of carbonyl (C=O) groups excluding carboxylic acids is 1. The Labute approximate surface area is 167 Å². The van der Waals surface area contributed by atoms with E-state index in [1.54, 1.807) is 36.0 Å². The fraction of sp³-hybridized carbons (Fsp3) is 0.0870. The second-order valence-electron chi connectivity index (χ2n) is 6.59. The maximum absolute atomic E-state index is 12.5. The van der Waals surface area contributed by atoms with E-state index in [0.717, 1.165) is 22.4 Å². The number of nitrogens with one attached hydrogen (secondary N) is 1. The van der Waals surface area contributed by atoms with E-state index in [4.69, 9.17) is 0 Å². The number of aromatic nitrogens is 2. The summed E-state index contributed by atoms with van der Waals surface area (Å²) in [5, 5.41) is 2.95. The maximum Gasteiger partial charge on any atom is 0.256 e. The molecule has 0 atom stereocenters. The highest BCUT2D eigenvalue weighted by Crippen LogP contribution is 2.37. The van der Waals surface area contributed by atoms with Crippen molar-refractivity contribution in [1.82, 2.24) is 9.97 Å². The van der Waals surface area contributed by atoms with Gasteiger partial charge in [0.2, 0.25) is 0 Å². The molecule has 0 fully saturated rings. The van der Waals surface area contributed by atoms with Gasteiger partial charge in [0, 0.05) is 51.4 Å². The molecular formula is C23H19N3OS. The van der Waals surface area contributed by atoms with Crippen molar-refractivity contribution >= 4 is 22.9 Å². The third-order valence-electron chi connectivity index (χ3n) is 4.53. The van der Waals surface area contributed by atoms with Crippen LogP contribution in [0, 0.1) is 13.8 Å². The highest BCUT2D eigenvalue weighted by Gasteiger charge is 2.11. The number of benzene rings is 1. The van der Waals surface area contributed by atoms with Crippen molar-refractivity contribution in [3.8, 4) is 20.9 Å². The first-order valence-corrected chi connectivity index (χ1v) is 9.77. The molecule has 4 rings (SSSR count). The molecule has 3 aromatic heterocycles. The Balaban J connectivity index is 1.55. The van der Waals surface area contributed by atoms with E-state index in [0.29, 0.717) is 5.56 Å². The van der Waals surface area contributed by atoms with Gasteiger partial charge in [-0.15, -0.1) is 11.3 Å². The Morgan fingerprint density at radius 3 is 2.39 bits per heavy atom. The minimum atomic E-state index is -0.126.